The van der Waals surface area contributed by atoms with Gasteiger partial charge in [-0.3, -0.25) is 33.8 Å². The second kappa shape index (κ2) is 29.7. The molecular formula is C62H62ClFN12O9. The molecule has 3 N–H and O–H groups in total. The summed E-state index contributed by atoms with van der Waals surface area (Å²) < 4.78 is 29.5. The van der Waals surface area contributed by atoms with Gasteiger partial charge < -0.3 is 43.9 Å². The van der Waals surface area contributed by atoms with Gasteiger partial charge >= 0.3 is 0 Å². The van der Waals surface area contributed by atoms with Gasteiger partial charge in [0, 0.05) is 118 Å². The summed E-state index contributed by atoms with van der Waals surface area (Å²) in [5.41, 5.74) is 8.69. The smallest absolute Gasteiger partial charge is 0.288 e. The highest BCUT2D eigenvalue weighted by Crippen LogP contribution is 2.26. The highest BCUT2D eigenvalue weighted by molar-refractivity contribution is 6.29. The number of oxazole rings is 3. The molecule has 0 unspecified atom stereocenters. The van der Waals surface area contributed by atoms with Gasteiger partial charge in [0.05, 0.1) is 18.6 Å². The number of aryl methyl sites for hydroxylation is 2. The summed E-state index contributed by atoms with van der Waals surface area (Å²) in [7, 11) is 5.18. The quantitative estimate of drug-likeness (QED) is 0.0675. The monoisotopic (exact) mass is 1170 g/mol. The van der Waals surface area contributed by atoms with E-state index in [1.807, 2.05) is 64.1 Å². The zero-order valence-corrected chi connectivity index (χ0v) is 48.7. The molecule has 85 heavy (non-hydrogen) atoms. The summed E-state index contributed by atoms with van der Waals surface area (Å²) in [5.74, 6) is -0.374. The van der Waals surface area contributed by atoms with Gasteiger partial charge in [0.15, 0.2) is 0 Å². The number of aromatic nitrogens is 6. The number of hydrogen-bond donors (Lipinski definition) is 3. The molecule has 23 heteroatoms. The van der Waals surface area contributed by atoms with Crippen LogP contribution in [0.5, 0.6) is 0 Å². The minimum Gasteiger partial charge on any atom is -0.431 e. The fraction of sp³-hybridized carbons (Fsp3) is 0.226. The van der Waals surface area contributed by atoms with Crippen LogP contribution in [-0.2, 0) is 34.0 Å². The van der Waals surface area contributed by atoms with Gasteiger partial charge in [0.25, 0.3) is 17.7 Å². The zero-order chi connectivity index (χ0) is 61.2. The van der Waals surface area contributed by atoms with Gasteiger partial charge in [-0.2, -0.15) is 4.39 Å². The van der Waals surface area contributed by atoms with Crippen LogP contribution in [0, 0.1) is 19.8 Å². The molecule has 0 atom stereocenters. The summed E-state index contributed by atoms with van der Waals surface area (Å²) in [6, 6.07) is 31.6. The molecule has 0 aliphatic carbocycles. The maximum atomic E-state index is 12.8. The van der Waals surface area contributed by atoms with Crippen LogP contribution in [0.2, 0.25) is 5.15 Å². The lowest BCUT2D eigenvalue weighted by Crippen LogP contribution is -2.24. The molecule has 9 rings (SSSR count). The van der Waals surface area contributed by atoms with Gasteiger partial charge in [-0.25, -0.2) is 24.9 Å². The third kappa shape index (κ3) is 17.2. The third-order valence-corrected chi connectivity index (χ3v) is 13.2. The molecule has 6 heterocycles. The lowest BCUT2D eigenvalue weighted by atomic mass is 10.2. The van der Waals surface area contributed by atoms with Crippen LogP contribution in [0.25, 0.3) is 34.4 Å². The lowest BCUT2D eigenvalue weighted by Gasteiger charge is -2.16. The third-order valence-electron chi connectivity index (χ3n) is 13.0. The molecule has 0 radical (unpaired) electrons. The Bertz CT molecular complexity index is 3580. The zero-order valence-electron chi connectivity index (χ0n) is 48.0. The van der Waals surface area contributed by atoms with Crippen molar-refractivity contribution in [1.29, 1.82) is 0 Å². The van der Waals surface area contributed by atoms with E-state index in [-0.39, 0.29) is 53.4 Å². The van der Waals surface area contributed by atoms with Gasteiger partial charge in [-0.05, 0) is 122 Å². The van der Waals surface area contributed by atoms with Crippen LogP contribution in [0.4, 0.5) is 21.5 Å². The highest BCUT2D eigenvalue weighted by Gasteiger charge is 2.19. The van der Waals surface area contributed by atoms with Crippen molar-refractivity contribution in [2.75, 3.05) is 35.8 Å². The molecule has 0 aliphatic heterocycles. The van der Waals surface area contributed by atoms with Crippen molar-refractivity contribution in [2.24, 2.45) is 0 Å². The molecule has 6 amide bonds. The Morgan fingerprint density at radius 1 is 0.459 bits per heavy atom. The molecule has 21 nitrogen and oxygen atoms in total. The fourth-order valence-electron chi connectivity index (χ4n) is 7.89. The van der Waals surface area contributed by atoms with Gasteiger partial charge in [0.1, 0.15) is 5.15 Å². The first-order valence-electron chi connectivity index (χ1n) is 26.8. The Morgan fingerprint density at radius 2 is 0.824 bits per heavy atom. The molecule has 6 aromatic heterocycles. The number of anilines is 3. The van der Waals surface area contributed by atoms with E-state index in [0.717, 1.165) is 45.1 Å². The number of hydrogen-bond acceptors (Lipinski definition) is 15. The van der Waals surface area contributed by atoms with Crippen molar-refractivity contribution in [3.63, 3.8) is 0 Å². The minimum absolute atomic E-state index is 0.0131. The van der Waals surface area contributed by atoms with Crippen molar-refractivity contribution in [2.45, 2.75) is 73.5 Å². The van der Waals surface area contributed by atoms with Crippen molar-refractivity contribution in [1.82, 2.24) is 45.9 Å². The maximum Gasteiger partial charge on any atom is 0.288 e. The number of amides is 6. The number of carbonyl (C=O) groups excluding carboxylic acids is 6. The van der Waals surface area contributed by atoms with Crippen LogP contribution in [-0.4, -0.2) is 86.5 Å². The van der Waals surface area contributed by atoms with E-state index < -0.39 is 11.9 Å². The number of carbonyl (C=O) groups is 6. The van der Waals surface area contributed by atoms with Crippen LogP contribution in [0.15, 0.2) is 153 Å². The topological polar surface area (TPSA) is 265 Å². The van der Waals surface area contributed by atoms with E-state index in [4.69, 9.17) is 24.9 Å². The molecule has 3 aromatic carbocycles. The number of nitrogens with one attached hydrogen (secondary N) is 3. The minimum atomic E-state index is -0.578. The van der Waals surface area contributed by atoms with Crippen molar-refractivity contribution in [3.05, 3.63) is 197 Å². The molecule has 0 saturated carbocycles. The average molecular weight is 1170 g/mol. The van der Waals surface area contributed by atoms with Gasteiger partial charge in [-0.1, -0.05) is 50.6 Å². The molecule has 0 bridgehead atoms. The van der Waals surface area contributed by atoms with E-state index in [1.165, 1.54) is 36.9 Å². The van der Waals surface area contributed by atoms with Crippen molar-refractivity contribution < 1.29 is 46.4 Å². The number of benzene rings is 3. The van der Waals surface area contributed by atoms with E-state index in [9.17, 15) is 33.2 Å². The van der Waals surface area contributed by atoms with Crippen molar-refractivity contribution in [3.8, 4) is 34.4 Å². The lowest BCUT2D eigenvalue weighted by molar-refractivity contribution is -0.118. The molecule has 0 aliphatic rings. The molecule has 0 spiro atoms. The number of halogens is 2. The second-order valence-electron chi connectivity index (χ2n) is 18.9. The summed E-state index contributed by atoms with van der Waals surface area (Å²) >= 11 is 5.74. The Hall–Kier alpha value is -10.2. The van der Waals surface area contributed by atoms with Gasteiger partial charge in [-0.15, -0.1) is 0 Å². The summed E-state index contributed by atoms with van der Waals surface area (Å²) in [5, 5.41) is 8.63. The second-order valence-corrected chi connectivity index (χ2v) is 19.3. The highest BCUT2D eigenvalue weighted by atomic mass is 35.5. The molecule has 0 fully saturated rings. The maximum absolute atomic E-state index is 12.8. The number of rotatable bonds is 18. The largest absolute Gasteiger partial charge is 0.431 e. The normalized spacial score (nSPS) is 10.6. The predicted octanol–water partition coefficient (Wildman–Crippen LogP) is 10.5. The van der Waals surface area contributed by atoms with Crippen LogP contribution in [0.3, 0.4) is 0 Å². The SMILES string of the molecule is CCC(=O)N(C)c1ccc(-c2ncc(C(=O)NCc3ccc(C)nc3C)o2)cc1.CCC(=O)N(C)c1ccc(-c2ncc(C(=O)NCc3ccc(Cl)nc3)o2)cc1.CCC(=O)N(C)c1ccc(-c2ncc(C(=O)NCc3ccc(F)nc3)o2)cc1. The van der Waals surface area contributed by atoms with E-state index in [2.05, 4.69) is 45.9 Å². The number of nitrogens with zero attached hydrogens (tertiary/aromatic N) is 9. The first-order valence-corrected chi connectivity index (χ1v) is 27.2. The van der Waals surface area contributed by atoms with E-state index >= 15 is 0 Å². The molecule has 0 saturated heterocycles. The van der Waals surface area contributed by atoms with E-state index in [0.29, 0.717) is 71.9 Å². The van der Waals surface area contributed by atoms with Crippen LogP contribution >= 0.6 is 11.6 Å². The van der Waals surface area contributed by atoms with Crippen molar-refractivity contribution >= 4 is 64.1 Å². The summed E-state index contributed by atoms with van der Waals surface area (Å²) in [6.45, 7) is 10.1. The summed E-state index contributed by atoms with van der Waals surface area (Å²) in [4.78, 5) is 101. The van der Waals surface area contributed by atoms with E-state index in [1.54, 1.807) is 110 Å². The molecular weight excluding hydrogens is 1110 g/mol. The first kappa shape index (κ1) is 62.4. The van der Waals surface area contributed by atoms with Crippen LogP contribution < -0.4 is 30.7 Å². The van der Waals surface area contributed by atoms with Gasteiger partial charge in [0.2, 0.25) is 58.6 Å². The Balaban J connectivity index is 0.000000183. The predicted molar refractivity (Wildman–Crippen MR) is 318 cm³/mol. The average Bonchev–Trinajstić information content (AvgIpc) is 4.39. The Labute approximate surface area is 494 Å². The van der Waals surface area contributed by atoms with Crippen LogP contribution in [0.1, 0.15) is 99.8 Å². The number of pyridine rings is 3. The standard InChI is InChI=1S/C22H24N4O3.C20H19ClN4O3.C20H19FN4O3/c1-5-20(27)26(4)18-10-8-16(9-11-18)22-24-13-19(29-22)21(28)23-12-17-7-6-14(2)25-15(17)3;2*1-3-18(26)25(2)15-7-5-14(6-8-15)20-24-12-16(28-20)19(27)23-11-13-4-9-17(21)22-10-13/h6-11,13H,5,12H2,1-4H3,(H,23,28);2*4-10,12H,3,11H2,1-2H3,(H,23,27). The first-order chi connectivity index (χ1) is 40.8. The summed E-state index contributed by atoms with van der Waals surface area (Å²) in [6.07, 6.45) is 8.37. The Morgan fingerprint density at radius 3 is 1.15 bits per heavy atom. The Kier molecular flexibility index (Phi) is 21.8. The molecule has 438 valence electrons. The fourth-order valence-corrected chi connectivity index (χ4v) is 8.00. The molecule has 9 aromatic rings.